The zero-order chi connectivity index (χ0) is 21.7. The van der Waals surface area contributed by atoms with Crippen molar-refractivity contribution in [3.05, 3.63) is 84.9 Å². The zero-order valence-corrected chi connectivity index (χ0v) is 17.7. The molecule has 0 aliphatic carbocycles. The largest absolute Gasteiger partial charge is 0.484 e. The summed E-state index contributed by atoms with van der Waals surface area (Å²) in [5, 5.41) is 0. The lowest BCUT2D eigenvalue weighted by Gasteiger charge is -2.28. The number of para-hydroxylation sites is 2. The first kappa shape index (κ1) is 20.9. The first-order chi connectivity index (χ1) is 15.0. The van der Waals surface area contributed by atoms with Crippen molar-refractivity contribution in [1.29, 1.82) is 0 Å². The summed E-state index contributed by atoms with van der Waals surface area (Å²) in [6.45, 7) is -0.208. The molecule has 1 aliphatic rings. The number of anilines is 1. The number of rotatable bonds is 7. The van der Waals surface area contributed by atoms with Gasteiger partial charge in [0.05, 0.1) is 17.5 Å². The van der Waals surface area contributed by atoms with Crippen LogP contribution in [0.15, 0.2) is 84.9 Å². The number of hydrogen-bond donors (Lipinski definition) is 0. The number of nitrogens with zero attached hydrogens (tertiary/aromatic N) is 1. The van der Waals surface area contributed by atoms with Crippen LogP contribution in [0.4, 0.5) is 5.69 Å². The molecule has 3 aromatic carbocycles. The van der Waals surface area contributed by atoms with Crippen LogP contribution in [0.1, 0.15) is 6.42 Å². The SMILES string of the molecule is O=C(COc1cccc(Oc2ccccc2)c1)N(c1ccccc1)[C@@H]1CCS(=O)(=O)C1. The average Bonchev–Trinajstić information content (AvgIpc) is 3.13. The molecule has 7 heteroatoms. The Morgan fingerprint density at radius 1 is 0.871 bits per heavy atom. The minimum atomic E-state index is -3.14. The molecule has 1 atom stereocenters. The molecule has 3 aromatic rings. The van der Waals surface area contributed by atoms with Crippen LogP contribution in [0.5, 0.6) is 17.2 Å². The van der Waals surface area contributed by atoms with Crippen molar-refractivity contribution in [2.75, 3.05) is 23.0 Å². The number of ether oxygens (including phenoxy) is 2. The van der Waals surface area contributed by atoms with Gasteiger partial charge in [-0.2, -0.15) is 0 Å². The highest BCUT2D eigenvalue weighted by Crippen LogP contribution is 2.27. The van der Waals surface area contributed by atoms with E-state index < -0.39 is 15.9 Å². The lowest BCUT2D eigenvalue weighted by molar-refractivity contribution is -0.121. The Hall–Kier alpha value is -3.32. The second-order valence-corrected chi connectivity index (χ2v) is 9.56. The topological polar surface area (TPSA) is 72.9 Å². The second kappa shape index (κ2) is 9.22. The van der Waals surface area contributed by atoms with Crippen molar-refractivity contribution in [3.8, 4) is 17.2 Å². The first-order valence-electron chi connectivity index (χ1n) is 10.0. The van der Waals surface area contributed by atoms with E-state index in [2.05, 4.69) is 0 Å². The summed E-state index contributed by atoms with van der Waals surface area (Å²) < 4.78 is 35.5. The smallest absolute Gasteiger partial charge is 0.265 e. The Kier molecular flexibility index (Phi) is 6.23. The van der Waals surface area contributed by atoms with Crippen LogP contribution in [-0.2, 0) is 14.6 Å². The van der Waals surface area contributed by atoms with E-state index in [9.17, 15) is 13.2 Å². The van der Waals surface area contributed by atoms with E-state index >= 15 is 0 Å². The Morgan fingerprint density at radius 2 is 1.52 bits per heavy atom. The molecule has 1 heterocycles. The van der Waals surface area contributed by atoms with Gasteiger partial charge in [-0.05, 0) is 42.8 Å². The Labute approximate surface area is 182 Å². The monoisotopic (exact) mass is 437 g/mol. The van der Waals surface area contributed by atoms with Crippen LogP contribution >= 0.6 is 0 Å². The van der Waals surface area contributed by atoms with Crippen LogP contribution in [0, 0.1) is 0 Å². The molecule has 1 fully saturated rings. The molecule has 1 amide bonds. The van der Waals surface area contributed by atoms with Gasteiger partial charge in [-0.25, -0.2) is 8.42 Å². The van der Waals surface area contributed by atoms with Crippen LogP contribution in [-0.4, -0.2) is 38.5 Å². The van der Waals surface area contributed by atoms with Crippen molar-refractivity contribution in [2.45, 2.75) is 12.5 Å². The first-order valence-corrected chi connectivity index (χ1v) is 11.9. The summed E-state index contributed by atoms with van der Waals surface area (Å²) in [5.41, 5.74) is 0.666. The summed E-state index contributed by atoms with van der Waals surface area (Å²) in [5.74, 6) is 1.56. The van der Waals surface area contributed by atoms with Crippen LogP contribution < -0.4 is 14.4 Å². The standard InChI is InChI=1S/C24H23NO5S/c26-24(25(19-8-3-1-4-9-19)20-14-15-31(27,28)18-20)17-29-22-12-7-13-23(16-22)30-21-10-5-2-6-11-21/h1-13,16,20H,14-15,17-18H2/t20-/m1/s1. The van der Waals surface area contributed by atoms with Gasteiger partial charge in [0, 0.05) is 11.8 Å². The molecule has 0 saturated carbocycles. The molecule has 6 nitrogen and oxygen atoms in total. The van der Waals surface area contributed by atoms with Crippen molar-refractivity contribution in [2.24, 2.45) is 0 Å². The minimum Gasteiger partial charge on any atom is -0.484 e. The highest BCUT2D eigenvalue weighted by Gasteiger charge is 2.35. The molecule has 0 aromatic heterocycles. The molecule has 160 valence electrons. The molecule has 0 N–H and O–H groups in total. The maximum absolute atomic E-state index is 13.1. The number of carbonyl (C=O) groups is 1. The summed E-state index contributed by atoms with van der Waals surface area (Å²) >= 11 is 0. The molecule has 0 bridgehead atoms. The quantitative estimate of drug-likeness (QED) is 0.557. The van der Waals surface area contributed by atoms with Crippen LogP contribution in [0.25, 0.3) is 0 Å². The van der Waals surface area contributed by atoms with Crippen molar-refractivity contribution in [1.82, 2.24) is 0 Å². The van der Waals surface area contributed by atoms with Gasteiger partial charge in [0.2, 0.25) is 0 Å². The second-order valence-electron chi connectivity index (χ2n) is 7.33. The van der Waals surface area contributed by atoms with E-state index in [4.69, 9.17) is 9.47 Å². The van der Waals surface area contributed by atoms with Gasteiger partial charge < -0.3 is 14.4 Å². The summed E-state index contributed by atoms with van der Waals surface area (Å²) in [7, 11) is -3.14. The third-order valence-electron chi connectivity index (χ3n) is 5.02. The van der Waals surface area contributed by atoms with Gasteiger partial charge in [0.1, 0.15) is 17.2 Å². The van der Waals surface area contributed by atoms with Gasteiger partial charge in [0.25, 0.3) is 5.91 Å². The zero-order valence-electron chi connectivity index (χ0n) is 16.9. The Bertz CT molecular complexity index is 1130. The lowest BCUT2D eigenvalue weighted by Crippen LogP contribution is -2.43. The Morgan fingerprint density at radius 3 is 2.19 bits per heavy atom. The number of sulfone groups is 1. The van der Waals surface area contributed by atoms with Crippen molar-refractivity contribution < 1.29 is 22.7 Å². The molecular weight excluding hydrogens is 414 g/mol. The molecule has 0 radical (unpaired) electrons. The van der Waals surface area contributed by atoms with E-state index in [0.717, 1.165) is 0 Å². The lowest BCUT2D eigenvalue weighted by atomic mass is 10.2. The number of hydrogen-bond acceptors (Lipinski definition) is 5. The summed E-state index contributed by atoms with van der Waals surface area (Å²) in [6, 6.07) is 25.2. The van der Waals surface area contributed by atoms with E-state index in [0.29, 0.717) is 29.4 Å². The molecule has 0 unspecified atom stereocenters. The highest BCUT2D eigenvalue weighted by atomic mass is 32.2. The number of amides is 1. The predicted octanol–water partition coefficient (Wildman–Crippen LogP) is 4.08. The molecular formula is C24H23NO5S. The maximum atomic E-state index is 13.1. The van der Waals surface area contributed by atoms with E-state index in [1.54, 1.807) is 41.3 Å². The third kappa shape index (κ3) is 5.44. The van der Waals surface area contributed by atoms with Gasteiger partial charge in [-0.15, -0.1) is 0 Å². The molecule has 1 saturated heterocycles. The maximum Gasteiger partial charge on any atom is 0.265 e. The van der Waals surface area contributed by atoms with E-state index in [1.165, 1.54) is 0 Å². The fourth-order valence-corrected chi connectivity index (χ4v) is 5.29. The van der Waals surface area contributed by atoms with E-state index in [1.807, 2.05) is 48.5 Å². The van der Waals surface area contributed by atoms with Gasteiger partial charge >= 0.3 is 0 Å². The molecule has 0 spiro atoms. The van der Waals surface area contributed by atoms with Crippen LogP contribution in [0.2, 0.25) is 0 Å². The molecule has 31 heavy (non-hydrogen) atoms. The van der Waals surface area contributed by atoms with E-state index in [-0.39, 0.29) is 24.0 Å². The summed E-state index contributed by atoms with van der Waals surface area (Å²) in [4.78, 5) is 14.6. The van der Waals surface area contributed by atoms with Gasteiger partial charge in [-0.1, -0.05) is 42.5 Å². The third-order valence-corrected chi connectivity index (χ3v) is 6.77. The fraction of sp³-hybridized carbons (Fsp3) is 0.208. The van der Waals surface area contributed by atoms with Crippen LogP contribution in [0.3, 0.4) is 0 Å². The Balaban J connectivity index is 1.46. The normalized spacial score (nSPS) is 17.1. The summed E-state index contributed by atoms with van der Waals surface area (Å²) in [6.07, 6.45) is 0.420. The highest BCUT2D eigenvalue weighted by molar-refractivity contribution is 7.91. The fourth-order valence-electron chi connectivity index (χ4n) is 3.59. The number of benzene rings is 3. The molecule has 4 rings (SSSR count). The molecule has 1 aliphatic heterocycles. The average molecular weight is 438 g/mol. The number of carbonyl (C=O) groups excluding carboxylic acids is 1. The minimum absolute atomic E-state index is 0.0337. The van der Waals surface area contributed by atoms with Crippen molar-refractivity contribution >= 4 is 21.4 Å². The van der Waals surface area contributed by atoms with Gasteiger partial charge in [-0.3, -0.25) is 4.79 Å². The van der Waals surface area contributed by atoms with Crippen molar-refractivity contribution in [3.63, 3.8) is 0 Å². The van der Waals surface area contributed by atoms with Gasteiger partial charge in [0.15, 0.2) is 16.4 Å². The predicted molar refractivity (Wildman–Crippen MR) is 119 cm³/mol.